The van der Waals surface area contributed by atoms with Gasteiger partial charge in [-0.3, -0.25) is 9.78 Å². The molecule has 7 heteroatoms. The molecule has 0 aliphatic carbocycles. The predicted molar refractivity (Wildman–Crippen MR) is 99.0 cm³/mol. The molecule has 4 rings (SSSR count). The molecule has 0 spiro atoms. The molecule has 1 atom stereocenters. The number of ether oxygens (including phenoxy) is 2. The van der Waals surface area contributed by atoms with Crippen LogP contribution in [-0.4, -0.2) is 46.5 Å². The fourth-order valence-corrected chi connectivity index (χ4v) is 3.59. The van der Waals surface area contributed by atoms with Crippen molar-refractivity contribution in [1.82, 2.24) is 19.9 Å². The molecule has 0 bridgehead atoms. The molecule has 2 aromatic heterocycles. The Balaban J connectivity index is 1.85. The summed E-state index contributed by atoms with van der Waals surface area (Å²) in [6.07, 6.45) is 7.31. The van der Waals surface area contributed by atoms with Gasteiger partial charge in [0.25, 0.3) is 5.91 Å². The van der Waals surface area contributed by atoms with Crippen LogP contribution in [0.2, 0.25) is 0 Å². The van der Waals surface area contributed by atoms with E-state index in [1.807, 2.05) is 29.2 Å². The van der Waals surface area contributed by atoms with Crippen molar-refractivity contribution in [2.24, 2.45) is 0 Å². The molecular weight excluding hydrogens is 344 g/mol. The number of imidazole rings is 1. The molecule has 0 saturated heterocycles. The second kappa shape index (κ2) is 7.11. The third-order valence-corrected chi connectivity index (χ3v) is 4.86. The van der Waals surface area contributed by atoms with Gasteiger partial charge in [-0.1, -0.05) is 6.07 Å². The number of carbonyl (C=O) groups excluding carboxylic acids is 1. The van der Waals surface area contributed by atoms with Crippen molar-refractivity contribution in [3.8, 4) is 11.5 Å². The Labute approximate surface area is 157 Å². The molecule has 1 amide bonds. The highest BCUT2D eigenvalue weighted by molar-refractivity contribution is 5.93. The van der Waals surface area contributed by atoms with Crippen LogP contribution in [0.25, 0.3) is 0 Å². The molecule has 27 heavy (non-hydrogen) atoms. The van der Waals surface area contributed by atoms with E-state index in [4.69, 9.17) is 9.47 Å². The number of carbonyl (C=O) groups is 1. The first-order valence-corrected chi connectivity index (χ1v) is 8.67. The molecule has 1 aliphatic rings. The summed E-state index contributed by atoms with van der Waals surface area (Å²) in [6.45, 7) is 0.583. The standard InChI is InChI=1S/C20H20N4O3/c1-26-17-8-13-5-7-24(20(25)16-11-22-12-23-16)19(14-4-3-6-21-10-14)15(13)9-18(17)27-2/h3-4,6,8-12,19H,5,7H2,1-2H3,(H,22,23)/t19-/m1/s1. The molecule has 0 radical (unpaired) electrons. The molecule has 3 heterocycles. The highest BCUT2D eigenvalue weighted by atomic mass is 16.5. The number of nitrogens with one attached hydrogen (secondary N) is 1. The largest absolute Gasteiger partial charge is 0.493 e. The Morgan fingerprint density at radius 1 is 1.19 bits per heavy atom. The highest BCUT2D eigenvalue weighted by Crippen LogP contribution is 2.41. The Bertz CT molecular complexity index is 941. The number of hydrogen-bond donors (Lipinski definition) is 1. The van der Waals surface area contributed by atoms with Gasteiger partial charge in [0, 0.05) is 18.9 Å². The number of fused-ring (bicyclic) bond motifs is 1. The van der Waals surface area contributed by atoms with E-state index in [2.05, 4.69) is 15.0 Å². The highest BCUT2D eigenvalue weighted by Gasteiger charge is 2.34. The lowest BCUT2D eigenvalue weighted by atomic mass is 9.88. The van der Waals surface area contributed by atoms with Gasteiger partial charge in [0.1, 0.15) is 5.69 Å². The van der Waals surface area contributed by atoms with Gasteiger partial charge >= 0.3 is 0 Å². The zero-order valence-corrected chi connectivity index (χ0v) is 15.2. The van der Waals surface area contributed by atoms with Crippen LogP contribution in [0.4, 0.5) is 0 Å². The number of rotatable bonds is 4. The molecule has 0 fully saturated rings. The Morgan fingerprint density at radius 3 is 2.67 bits per heavy atom. The topological polar surface area (TPSA) is 80.3 Å². The average molecular weight is 364 g/mol. The van der Waals surface area contributed by atoms with E-state index in [-0.39, 0.29) is 11.9 Å². The quantitative estimate of drug-likeness (QED) is 0.770. The van der Waals surface area contributed by atoms with Crippen LogP contribution in [0, 0.1) is 0 Å². The molecular formula is C20H20N4O3. The Hall–Kier alpha value is -3.35. The van der Waals surface area contributed by atoms with E-state index in [0.717, 1.165) is 23.1 Å². The van der Waals surface area contributed by atoms with Gasteiger partial charge in [-0.05, 0) is 41.3 Å². The number of hydrogen-bond acceptors (Lipinski definition) is 5. The van der Waals surface area contributed by atoms with Gasteiger partial charge in [0.2, 0.25) is 0 Å². The second-order valence-electron chi connectivity index (χ2n) is 6.31. The lowest BCUT2D eigenvalue weighted by molar-refractivity contribution is 0.0688. The summed E-state index contributed by atoms with van der Waals surface area (Å²) in [5, 5.41) is 0. The summed E-state index contributed by atoms with van der Waals surface area (Å²) in [6, 6.07) is 7.55. The molecule has 1 N–H and O–H groups in total. The second-order valence-corrected chi connectivity index (χ2v) is 6.31. The van der Waals surface area contributed by atoms with Gasteiger partial charge in [-0.2, -0.15) is 0 Å². The van der Waals surface area contributed by atoms with Crippen LogP contribution in [-0.2, 0) is 6.42 Å². The van der Waals surface area contributed by atoms with E-state index in [1.165, 1.54) is 6.33 Å². The van der Waals surface area contributed by atoms with Crippen LogP contribution in [0.5, 0.6) is 11.5 Å². The summed E-state index contributed by atoms with van der Waals surface area (Å²) in [4.78, 5) is 26.1. The van der Waals surface area contributed by atoms with E-state index in [1.54, 1.807) is 32.8 Å². The molecule has 3 aromatic rings. The summed E-state index contributed by atoms with van der Waals surface area (Å²) in [5.41, 5.74) is 3.56. The zero-order valence-electron chi connectivity index (χ0n) is 15.2. The van der Waals surface area contributed by atoms with Crippen LogP contribution in [0.3, 0.4) is 0 Å². The van der Waals surface area contributed by atoms with E-state index < -0.39 is 0 Å². The summed E-state index contributed by atoms with van der Waals surface area (Å²) < 4.78 is 10.9. The monoisotopic (exact) mass is 364 g/mol. The van der Waals surface area contributed by atoms with Crippen molar-refractivity contribution < 1.29 is 14.3 Å². The van der Waals surface area contributed by atoms with Gasteiger partial charge in [0.05, 0.1) is 32.8 Å². The summed E-state index contributed by atoms with van der Waals surface area (Å²) in [7, 11) is 3.24. The lowest BCUT2D eigenvalue weighted by Gasteiger charge is -2.37. The first kappa shape index (κ1) is 17.1. The van der Waals surface area contributed by atoms with E-state index in [0.29, 0.717) is 23.7 Å². The number of benzene rings is 1. The number of H-pyrrole nitrogens is 1. The molecule has 0 unspecified atom stereocenters. The minimum absolute atomic E-state index is 0.0956. The Morgan fingerprint density at radius 2 is 2.00 bits per heavy atom. The normalized spacial score (nSPS) is 15.9. The maximum absolute atomic E-state index is 13.1. The van der Waals surface area contributed by atoms with Crippen LogP contribution in [0.1, 0.15) is 33.2 Å². The van der Waals surface area contributed by atoms with Gasteiger partial charge in [-0.15, -0.1) is 0 Å². The van der Waals surface area contributed by atoms with Crippen molar-refractivity contribution in [1.29, 1.82) is 0 Å². The molecule has 0 saturated carbocycles. The number of nitrogens with zero attached hydrogens (tertiary/aromatic N) is 3. The lowest BCUT2D eigenvalue weighted by Crippen LogP contribution is -2.40. The fourth-order valence-electron chi connectivity index (χ4n) is 3.59. The summed E-state index contributed by atoms with van der Waals surface area (Å²) >= 11 is 0. The number of aromatic nitrogens is 3. The van der Waals surface area contributed by atoms with Crippen LogP contribution in [0.15, 0.2) is 49.2 Å². The first-order chi connectivity index (χ1) is 13.2. The third-order valence-electron chi connectivity index (χ3n) is 4.86. The molecule has 138 valence electrons. The van der Waals surface area contributed by atoms with Crippen molar-refractivity contribution >= 4 is 5.91 Å². The number of methoxy groups -OCH3 is 2. The van der Waals surface area contributed by atoms with E-state index >= 15 is 0 Å². The first-order valence-electron chi connectivity index (χ1n) is 8.67. The zero-order chi connectivity index (χ0) is 18.8. The Kier molecular flexibility index (Phi) is 4.50. The molecule has 1 aromatic carbocycles. The van der Waals surface area contributed by atoms with Crippen LogP contribution < -0.4 is 9.47 Å². The average Bonchev–Trinajstić information content (AvgIpc) is 3.26. The summed E-state index contributed by atoms with van der Waals surface area (Å²) in [5.74, 6) is 1.23. The number of aromatic amines is 1. The minimum Gasteiger partial charge on any atom is -0.493 e. The smallest absolute Gasteiger partial charge is 0.272 e. The van der Waals surface area contributed by atoms with Gasteiger partial charge in [-0.25, -0.2) is 4.98 Å². The maximum Gasteiger partial charge on any atom is 0.272 e. The fraction of sp³-hybridized carbons (Fsp3) is 0.250. The maximum atomic E-state index is 13.1. The van der Waals surface area contributed by atoms with Crippen molar-refractivity contribution in [3.05, 3.63) is 71.6 Å². The van der Waals surface area contributed by atoms with E-state index in [9.17, 15) is 4.79 Å². The third kappa shape index (κ3) is 3.01. The SMILES string of the molecule is COc1cc2c(cc1OC)[C@@H](c1cccnc1)N(C(=O)c1cnc[nH]1)CC2. The van der Waals surface area contributed by atoms with Crippen LogP contribution >= 0.6 is 0 Å². The van der Waals surface area contributed by atoms with Gasteiger partial charge in [0.15, 0.2) is 11.5 Å². The number of pyridine rings is 1. The van der Waals surface area contributed by atoms with Crippen molar-refractivity contribution in [3.63, 3.8) is 0 Å². The van der Waals surface area contributed by atoms with Crippen molar-refractivity contribution in [2.75, 3.05) is 20.8 Å². The molecule has 1 aliphatic heterocycles. The predicted octanol–water partition coefficient (Wildman–Crippen LogP) is 2.61. The van der Waals surface area contributed by atoms with Crippen molar-refractivity contribution in [2.45, 2.75) is 12.5 Å². The minimum atomic E-state index is -0.266. The number of amides is 1. The van der Waals surface area contributed by atoms with Gasteiger partial charge < -0.3 is 19.4 Å². The molecule has 7 nitrogen and oxygen atoms in total.